The normalized spacial score (nSPS) is 31.4. The average molecular weight is 341 g/mol. The molecule has 0 aliphatic carbocycles. The van der Waals surface area contributed by atoms with Crippen molar-refractivity contribution < 1.29 is 19.1 Å². The number of para-hydroxylation sites is 2. The van der Waals surface area contributed by atoms with Gasteiger partial charge in [0.15, 0.2) is 0 Å². The van der Waals surface area contributed by atoms with Crippen LogP contribution in [0.3, 0.4) is 0 Å². The molecule has 4 nitrogen and oxygen atoms in total. The lowest BCUT2D eigenvalue weighted by molar-refractivity contribution is -0.931. The van der Waals surface area contributed by atoms with Crippen molar-refractivity contribution in [3.8, 4) is 11.5 Å². The molecule has 2 bridgehead atoms. The molecule has 3 aliphatic rings. The summed E-state index contributed by atoms with van der Waals surface area (Å²) in [5, 5.41) is 12.4. The van der Waals surface area contributed by atoms with Crippen LogP contribution in [0.5, 0.6) is 11.5 Å². The van der Waals surface area contributed by atoms with E-state index in [-0.39, 0.29) is 0 Å². The molecule has 25 heavy (non-hydrogen) atoms. The molecule has 0 aromatic heterocycles. The van der Waals surface area contributed by atoms with Crippen molar-refractivity contribution in [1.29, 1.82) is 0 Å². The third-order valence-electron chi connectivity index (χ3n) is 5.97. The summed E-state index contributed by atoms with van der Waals surface area (Å²) in [4.78, 5) is 0. The van der Waals surface area contributed by atoms with Crippen LogP contribution in [0.25, 0.3) is 0 Å². The van der Waals surface area contributed by atoms with Crippen LogP contribution in [0.4, 0.5) is 0 Å². The minimum atomic E-state index is -0.406. The fourth-order valence-electron chi connectivity index (χ4n) is 4.48. The van der Waals surface area contributed by atoms with E-state index in [0.717, 1.165) is 42.0 Å². The van der Waals surface area contributed by atoms with Crippen molar-refractivity contribution in [2.24, 2.45) is 11.8 Å². The zero-order chi connectivity index (χ0) is 18.0. The van der Waals surface area contributed by atoms with E-state index in [1.165, 1.54) is 0 Å². The van der Waals surface area contributed by atoms with Gasteiger partial charge < -0.3 is 14.6 Å². The van der Waals surface area contributed by atoms with Gasteiger partial charge in [0, 0.05) is 24.8 Å². The second kappa shape index (κ2) is 6.96. The van der Waals surface area contributed by atoms with Gasteiger partial charge >= 0.3 is 0 Å². The largest absolute Gasteiger partial charge is 0.575 e. The second-order valence-corrected chi connectivity index (χ2v) is 7.18. The number of hydrogen-bond donors (Lipinski definition) is 0. The molecule has 3 saturated heterocycles. The van der Waals surface area contributed by atoms with Gasteiger partial charge in [-0.3, -0.25) is 4.48 Å². The molecule has 0 radical (unpaired) electrons. The summed E-state index contributed by atoms with van der Waals surface area (Å²) in [7, 11) is 1.56. The Hall–Kier alpha value is -2.20. The molecule has 1 aromatic rings. The van der Waals surface area contributed by atoms with Gasteiger partial charge in [0.2, 0.25) is 0 Å². The van der Waals surface area contributed by atoms with Gasteiger partial charge in [0.1, 0.15) is 11.4 Å². The number of hydrogen-bond acceptors (Lipinski definition) is 3. The fourth-order valence-corrected chi connectivity index (χ4v) is 4.48. The van der Waals surface area contributed by atoms with Crippen LogP contribution in [-0.2, 0) is 0 Å². The molecule has 4 rings (SSSR count). The molecular weight excluding hydrogens is 314 g/mol. The number of benzene rings is 1. The summed E-state index contributed by atoms with van der Waals surface area (Å²) < 4.78 is 11.5. The first-order valence-corrected chi connectivity index (χ1v) is 8.88. The van der Waals surface area contributed by atoms with Gasteiger partial charge in [-0.25, -0.2) is 0 Å². The topological polar surface area (TPSA) is 41.5 Å². The molecule has 1 aromatic carbocycles. The highest BCUT2D eigenvalue weighted by Gasteiger charge is 2.50. The summed E-state index contributed by atoms with van der Waals surface area (Å²) in [6.45, 7) is 12.5. The molecule has 134 valence electrons. The van der Waals surface area contributed by atoms with Crippen LogP contribution in [0.1, 0.15) is 19.8 Å². The molecule has 3 fully saturated rings. The van der Waals surface area contributed by atoms with Crippen LogP contribution in [0, 0.1) is 11.8 Å². The zero-order valence-corrected chi connectivity index (χ0v) is 15.1. The third-order valence-corrected chi connectivity index (χ3v) is 5.97. The lowest BCUT2D eigenvalue weighted by Gasteiger charge is -2.56. The number of fused-ring (bicyclic) bond motifs is 3. The number of ether oxygens (including phenoxy) is 2. The monoisotopic (exact) mass is 341 g/mol. The first kappa shape index (κ1) is 17.6. The molecule has 0 spiro atoms. The van der Waals surface area contributed by atoms with E-state index < -0.39 is 5.95 Å². The number of nitrogens with zero attached hydrogens (tertiary/aromatic N) is 1. The molecule has 3 aliphatic heterocycles. The van der Waals surface area contributed by atoms with Gasteiger partial charge in [-0.05, 0) is 31.6 Å². The van der Waals surface area contributed by atoms with Gasteiger partial charge in [0.25, 0.3) is 0 Å². The molecule has 4 heteroatoms. The summed E-state index contributed by atoms with van der Waals surface area (Å²) in [6, 6.07) is 7.62. The average Bonchev–Trinajstić information content (AvgIpc) is 2.62. The summed E-state index contributed by atoms with van der Waals surface area (Å²) in [6.07, 6.45) is 5.94. The van der Waals surface area contributed by atoms with Crippen LogP contribution in [0.2, 0.25) is 0 Å². The van der Waals surface area contributed by atoms with Crippen molar-refractivity contribution in [3.05, 3.63) is 61.2 Å². The maximum atomic E-state index is 12.4. The van der Waals surface area contributed by atoms with Crippen molar-refractivity contribution in [3.63, 3.8) is 0 Å². The summed E-state index contributed by atoms with van der Waals surface area (Å²) in [5.74, 6) is 1.78. The van der Waals surface area contributed by atoms with E-state index in [0.29, 0.717) is 23.5 Å². The van der Waals surface area contributed by atoms with Crippen LogP contribution < -0.4 is 14.6 Å². The Morgan fingerprint density at radius 3 is 2.68 bits per heavy atom. The number of allylic oxidation sites excluding steroid dienone is 1. The predicted molar refractivity (Wildman–Crippen MR) is 96.7 cm³/mol. The smallest absolute Gasteiger partial charge is 0.132 e. The van der Waals surface area contributed by atoms with E-state index in [9.17, 15) is 5.11 Å². The van der Waals surface area contributed by atoms with Gasteiger partial charge in [0.05, 0.1) is 37.9 Å². The van der Waals surface area contributed by atoms with Gasteiger partial charge in [-0.15, -0.1) is 6.58 Å². The highest BCUT2D eigenvalue weighted by atomic mass is 16.6. The number of rotatable bonds is 6. The quantitative estimate of drug-likeness (QED) is 0.345. The minimum absolute atomic E-state index is 0.406. The number of methoxy groups -OCH3 is 1. The molecule has 0 N–H and O–H groups in total. The Kier molecular flexibility index (Phi) is 4.91. The third kappa shape index (κ3) is 3.19. The fraction of sp³-hybridized carbons (Fsp3) is 0.429. The molecule has 0 saturated carbocycles. The van der Waals surface area contributed by atoms with Crippen molar-refractivity contribution >= 4 is 0 Å². The van der Waals surface area contributed by atoms with Gasteiger partial charge in [-0.2, -0.15) is 0 Å². The first-order chi connectivity index (χ1) is 12.0. The summed E-state index contributed by atoms with van der Waals surface area (Å²) in [5.41, 5.74) is 0.831. The summed E-state index contributed by atoms with van der Waals surface area (Å²) >= 11 is 0. The Morgan fingerprint density at radius 2 is 2.04 bits per heavy atom. The molecule has 1 unspecified atom stereocenters. The highest BCUT2D eigenvalue weighted by molar-refractivity contribution is 5.40. The molecule has 0 amide bonds. The van der Waals surface area contributed by atoms with Crippen molar-refractivity contribution in [1.82, 2.24) is 0 Å². The molecule has 4 atom stereocenters. The molecule has 3 heterocycles. The van der Waals surface area contributed by atoms with E-state index in [2.05, 4.69) is 26.2 Å². The minimum Gasteiger partial charge on any atom is -0.575 e. The number of piperidine rings is 3. The Bertz CT molecular complexity index is 696. The molecular formula is C21H27NO3. The highest BCUT2D eigenvalue weighted by Crippen LogP contribution is 2.45. The first-order valence-electron chi connectivity index (χ1n) is 8.88. The lowest BCUT2D eigenvalue weighted by atomic mass is 9.73. The number of quaternary nitrogens is 1. The maximum Gasteiger partial charge on any atom is 0.132 e. The van der Waals surface area contributed by atoms with E-state index in [1.54, 1.807) is 25.3 Å². The van der Waals surface area contributed by atoms with E-state index in [4.69, 9.17) is 9.47 Å². The van der Waals surface area contributed by atoms with Gasteiger partial charge in [-0.1, -0.05) is 18.2 Å². The van der Waals surface area contributed by atoms with Crippen molar-refractivity contribution in [2.75, 3.05) is 20.2 Å². The Morgan fingerprint density at radius 1 is 1.32 bits per heavy atom. The van der Waals surface area contributed by atoms with Crippen LogP contribution in [-0.4, -0.2) is 30.7 Å². The van der Waals surface area contributed by atoms with E-state index >= 15 is 0 Å². The Balaban J connectivity index is 1.80. The Labute approximate surface area is 150 Å². The van der Waals surface area contributed by atoms with Crippen LogP contribution in [0.15, 0.2) is 61.2 Å². The van der Waals surface area contributed by atoms with E-state index in [1.807, 2.05) is 12.1 Å². The maximum absolute atomic E-state index is 12.4. The van der Waals surface area contributed by atoms with Crippen molar-refractivity contribution in [2.45, 2.75) is 25.8 Å². The SMILES string of the molecule is C=C[C@H]1C[N@+]2(C(=C)/C=C(\[O-])Oc3ccccc3OC)CCC1C[C@@H]2C. The zero-order valence-electron chi connectivity index (χ0n) is 15.1. The second-order valence-electron chi connectivity index (χ2n) is 7.18. The lowest BCUT2D eigenvalue weighted by Crippen LogP contribution is -2.64. The van der Waals surface area contributed by atoms with Crippen LogP contribution >= 0.6 is 0 Å². The predicted octanol–water partition coefficient (Wildman–Crippen LogP) is 3.22. The standard InChI is InChI=1S/C21H27NO3/c1-5-17-14-22(11-10-18(17)12-15(22)2)16(3)13-21(23)25-20-9-7-6-8-19(20)24-4/h5-9,13,15,17-18H,1,3,10-12,14H2,2,4H3/b21-13+/t15-,17-,18?,22+/m0/s1.